The van der Waals surface area contributed by atoms with Crippen LogP contribution in [0.15, 0.2) is 35.2 Å². The first-order chi connectivity index (χ1) is 12.6. The smallest absolute Gasteiger partial charge is 0.243 e. The lowest BCUT2D eigenvalue weighted by Crippen LogP contribution is -2.44. The predicted molar refractivity (Wildman–Crippen MR) is 112 cm³/mol. The van der Waals surface area contributed by atoms with E-state index < -0.39 is 10.0 Å². The molecule has 0 saturated carbocycles. The predicted octanol–water partition coefficient (Wildman–Crippen LogP) is 1.72. The first-order valence-electron chi connectivity index (χ1n) is 9.19. The zero-order chi connectivity index (χ0) is 18.4. The molecule has 0 aliphatic carbocycles. The number of amides is 1. The van der Waals surface area contributed by atoms with Gasteiger partial charge < -0.3 is 10.6 Å². The summed E-state index contributed by atoms with van der Waals surface area (Å²) in [5.41, 5.74) is 0. The summed E-state index contributed by atoms with van der Waals surface area (Å²) in [5.74, 6) is 2.53. The molecule has 1 amide bonds. The summed E-state index contributed by atoms with van der Waals surface area (Å²) >= 11 is 1.89. The van der Waals surface area contributed by atoms with Crippen LogP contribution in [-0.4, -0.2) is 62.4 Å². The van der Waals surface area contributed by atoms with Gasteiger partial charge >= 0.3 is 0 Å². The summed E-state index contributed by atoms with van der Waals surface area (Å²) < 4.78 is 26.8. The van der Waals surface area contributed by atoms with Gasteiger partial charge in [-0.15, -0.1) is 12.4 Å². The molecule has 2 saturated heterocycles. The number of nitrogens with zero attached hydrogens (tertiary/aromatic N) is 1. The van der Waals surface area contributed by atoms with Gasteiger partial charge in [-0.05, 0) is 30.9 Å². The maximum Gasteiger partial charge on any atom is 0.243 e. The number of piperidine rings is 1. The molecule has 152 valence electrons. The van der Waals surface area contributed by atoms with Gasteiger partial charge in [-0.3, -0.25) is 4.79 Å². The van der Waals surface area contributed by atoms with E-state index in [1.807, 2.05) is 17.8 Å². The van der Waals surface area contributed by atoms with Crippen LogP contribution in [0.4, 0.5) is 0 Å². The molecule has 6 nitrogen and oxygen atoms in total. The van der Waals surface area contributed by atoms with Crippen molar-refractivity contribution in [2.75, 3.05) is 37.7 Å². The van der Waals surface area contributed by atoms with Crippen molar-refractivity contribution in [3.05, 3.63) is 30.3 Å². The molecule has 2 N–H and O–H groups in total. The first-order valence-corrected chi connectivity index (χ1v) is 11.8. The molecule has 0 radical (unpaired) electrons. The second-order valence-electron chi connectivity index (χ2n) is 6.89. The highest BCUT2D eigenvalue weighted by Crippen LogP contribution is 2.23. The van der Waals surface area contributed by atoms with Crippen molar-refractivity contribution in [2.45, 2.75) is 30.2 Å². The van der Waals surface area contributed by atoms with Crippen LogP contribution in [0.1, 0.15) is 19.3 Å². The normalized spacial score (nSPS) is 22.0. The maximum absolute atomic E-state index is 12.6. The Morgan fingerprint density at radius 3 is 2.56 bits per heavy atom. The maximum atomic E-state index is 12.6. The largest absolute Gasteiger partial charge is 0.356 e. The number of carbonyl (C=O) groups is 1. The van der Waals surface area contributed by atoms with Gasteiger partial charge in [0.25, 0.3) is 0 Å². The lowest BCUT2D eigenvalue weighted by molar-refractivity contribution is -0.121. The molecule has 2 aliphatic heterocycles. The summed E-state index contributed by atoms with van der Waals surface area (Å²) in [7, 11) is -3.40. The molecule has 1 aromatic carbocycles. The molecule has 2 fully saturated rings. The van der Waals surface area contributed by atoms with Gasteiger partial charge in [0.15, 0.2) is 0 Å². The van der Waals surface area contributed by atoms with Crippen molar-refractivity contribution in [1.82, 2.24) is 14.9 Å². The van der Waals surface area contributed by atoms with E-state index in [-0.39, 0.29) is 24.4 Å². The molecule has 2 heterocycles. The number of halogens is 1. The van der Waals surface area contributed by atoms with Crippen LogP contribution < -0.4 is 10.6 Å². The quantitative estimate of drug-likeness (QED) is 0.714. The Labute approximate surface area is 172 Å². The Hall–Kier alpha value is -0.800. The van der Waals surface area contributed by atoms with Crippen LogP contribution in [-0.2, 0) is 14.8 Å². The highest BCUT2D eigenvalue weighted by atomic mass is 35.5. The van der Waals surface area contributed by atoms with E-state index in [1.165, 1.54) is 0 Å². The zero-order valence-corrected chi connectivity index (χ0v) is 17.8. The zero-order valence-electron chi connectivity index (χ0n) is 15.3. The molecule has 0 spiro atoms. The number of hydrogen-bond donors (Lipinski definition) is 2. The molecular weight excluding hydrogens is 406 g/mol. The Morgan fingerprint density at radius 1 is 1.22 bits per heavy atom. The van der Waals surface area contributed by atoms with E-state index in [4.69, 9.17) is 0 Å². The summed E-state index contributed by atoms with van der Waals surface area (Å²) in [5, 5.41) is 6.40. The summed E-state index contributed by atoms with van der Waals surface area (Å²) in [4.78, 5) is 12.4. The lowest BCUT2D eigenvalue weighted by atomic mass is 9.98. The summed E-state index contributed by atoms with van der Waals surface area (Å²) in [6.07, 6.45) is 2.09. The molecule has 1 atom stereocenters. The van der Waals surface area contributed by atoms with Crippen molar-refractivity contribution < 1.29 is 13.2 Å². The van der Waals surface area contributed by atoms with Gasteiger partial charge in [0.1, 0.15) is 0 Å². The highest BCUT2D eigenvalue weighted by molar-refractivity contribution is 7.99. The molecule has 3 rings (SSSR count). The molecular formula is C18H28ClN3O3S2. The number of thioether (sulfide) groups is 1. The fraction of sp³-hybridized carbons (Fsp3) is 0.611. The second-order valence-corrected chi connectivity index (χ2v) is 9.98. The monoisotopic (exact) mass is 433 g/mol. The van der Waals surface area contributed by atoms with E-state index in [0.29, 0.717) is 36.9 Å². The van der Waals surface area contributed by atoms with Gasteiger partial charge in [0.2, 0.25) is 15.9 Å². The van der Waals surface area contributed by atoms with Gasteiger partial charge in [-0.1, -0.05) is 18.2 Å². The third-order valence-corrected chi connectivity index (χ3v) is 8.02. The Morgan fingerprint density at radius 2 is 1.93 bits per heavy atom. The number of rotatable bonds is 6. The Balaban J connectivity index is 0.00000261. The number of benzene rings is 1. The second kappa shape index (κ2) is 10.7. The SMILES string of the molecule is Cl.O=C(CC1CSCCN1)NCC1CCN(S(=O)(=O)c2ccccc2)CC1. The number of nitrogens with one attached hydrogen (secondary N) is 2. The topological polar surface area (TPSA) is 78.5 Å². The van der Waals surface area contributed by atoms with Crippen LogP contribution >= 0.6 is 24.2 Å². The van der Waals surface area contributed by atoms with E-state index >= 15 is 0 Å². The number of carbonyl (C=O) groups excluding carboxylic acids is 1. The van der Waals surface area contributed by atoms with Gasteiger partial charge in [-0.2, -0.15) is 16.1 Å². The van der Waals surface area contributed by atoms with E-state index in [0.717, 1.165) is 30.9 Å². The van der Waals surface area contributed by atoms with Crippen molar-refractivity contribution in [3.63, 3.8) is 0 Å². The molecule has 1 unspecified atom stereocenters. The standard InChI is InChI=1S/C18H27N3O3S2.ClH/c22-18(12-16-14-25-11-8-19-16)20-13-15-6-9-21(10-7-15)26(23,24)17-4-2-1-3-5-17;/h1-5,15-16,19H,6-14H2,(H,20,22);1H. The van der Waals surface area contributed by atoms with E-state index in [1.54, 1.807) is 28.6 Å². The minimum Gasteiger partial charge on any atom is -0.356 e. The third kappa shape index (κ3) is 6.35. The first kappa shape index (κ1) is 22.5. The summed E-state index contributed by atoms with van der Waals surface area (Å²) in [6.45, 7) is 2.63. The van der Waals surface area contributed by atoms with Gasteiger partial charge in [-0.25, -0.2) is 8.42 Å². The van der Waals surface area contributed by atoms with Crippen molar-refractivity contribution in [1.29, 1.82) is 0 Å². The molecule has 2 aliphatic rings. The van der Waals surface area contributed by atoms with Crippen LogP contribution in [0, 0.1) is 5.92 Å². The van der Waals surface area contributed by atoms with Crippen LogP contribution in [0.3, 0.4) is 0 Å². The highest BCUT2D eigenvalue weighted by Gasteiger charge is 2.29. The molecule has 27 heavy (non-hydrogen) atoms. The summed E-state index contributed by atoms with van der Waals surface area (Å²) in [6, 6.07) is 8.85. The van der Waals surface area contributed by atoms with Gasteiger partial charge in [0.05, 0.1) is 4.90 Å². The lowest BCUT2D eigenvalue weighted by Gasteiger charge is -2.31. The van der Waals surface area contributed by atoms with Crippen LogP contribution in [0.25, 0.3) is 0 Å². The molecule has 1 aromatic rings. The number of sulfonamides is 1. The van der Waals surface area contributed by atoms with Gasteiger partial charge in [0, 0.05) is 50.1 Å². The number of hydrogen-bond acceptors (Lipinski definition) is 5. The fourth-order valence-electron chi connectivity index (χ4n) is 3.40. The van der Waals surface area contributed by atoms with Crippen LogP contribution in [0.5, 0.6) is 0 Å². The molecule has 0 bridgehead atoms. The van der Waals surface area contributed by atoms with Crippen molar-refractivity contribution in [3.8, 4) is 0 Å². The molecule has 9 heteroatoms. The Kier molecular flexibility index (Phi) is 8.88. The van der Waals surface area contributed by atoms with Crippen LogP contribution in [0.2, 0.25) is 0 Å². The fourth-order valence-corrected chi connectivity index (χ4v) is 5.84. The Bertz CT molecular complexity index is 689. The average molecular weight is 434 g/mol. The van der Waals surface area contributed by atoms with E-state index in [2.05, 4.69) is 10.6 Å². The minimum atomic E-state index is -3.40. The third-order valence-electron chi connectivity index (χ3n) is 4.97. The van der Waals surface area contributed by atoms with Crippen molar-refractivity contribution >= 4 is 40.1 Å². The van der Waals surface area contributed by atoms with Crippen molar-refractivity contribution in [2.24, 2.45) is 5.92 Å². The minimum absolute atomic E-state index is 0. The van der Waals surface area contributed by atoms with E-state index in [9.17, 15) is 13.2 Å². The molecule has 0 aromatic heterocycles. The average Bonchev–Trinajstić information content (AvgIpc) is 2.68.